The van der Waals surface area contributed by atoms with Gasteiger partial charge >= 0.3 is 5.97 Å². The average Bonchev–Trinajstić information content (AvgIpc) is 2.41. The molecule has 0 amide bonds. The Morgan fingerprint density at radius 1 is 1.50 bits per heavy atom. The lowest BCUT2D eigenvalue weighted by atomic mass is 10.2. The first-order chi connectivity index (χ1) is 9.53. The van der Waals surface area contributed by atoms with E-state index in [2.05, 4.69) is 15.0 Å². The second-order valence-corrected chi connectivity index (χ2v) is 4.16. The van der Waals surface area contributed by atoms with Crippen LogP contribution in [0, 0.1) is 23.1 Å². The molecule has 0 aliphatic carbocycles. The molecule has 1 aromatic carbocycles. The van der Waals surface area contributed by atoms with Crippen LogP contribution in [0.2, 0.25) is 0 Å². The van der Waals surface area contributed by atoms with Crippen molar-refractivity contribution in [1.82, 2.24) is 5.32 Å². The van der Waals surface area contributed by atoms with Crippen LogP contribution < -0.4 is 5.32 Å². The highest BCUT2D eigenvalue weighted by molar-refractivity contribution is 8.13. The van der Waals surface area contributed by atoms with Crippen molar-refractivity contribution in [2.75, 3.05) is 12.9 Å². The van der Waals surface area contributed by atoms with Crippen LogP contribution in [0.1, 0.15) is 17.3 Å². The van der Waals surface area contributed by atoms with Gasteiger partial charge in [0, 0.05) is 0 Å². The molecule has 8 heteroatoms. The summed E-state index contributed by atoms with van der Waals surface area (Å²) in [5, 5.41) is 10.7. The number of carbonyl (C=O) groups is 1. The second-order valence-electron chi connectivity index (χ2n) is 3.37. The van der Waals surface area contributed by atoms with E-state index in [9.17, 15) is 13.6 Å². The Morgan fingerprint density at radius 3 is 2.55 bits per heavy atom. The van der Waals surface area contributed by atoms with Gasteiger partial charge in [-0.3, -0.25) is 5.32 Å². The number of halogens is 2. The first kappa shape index (κ1) is 15.9. The third-order valence-electron chi connectivity index (χ3n) is 2.10. The van der Waals surface area contributed by atoms with E-state index in [0.29, 0.717) is 0 Å². The van der Waals surface area contributed by atoms with E-state index < -0.39 is 23.3 Å². The molecular formula is C12H11F2N3O2S. The van der Waals surface area contributed by atoms with E-state index in [1.54, 1.807) is 19.4 Å². The predicted molar refractivity (Wildman–Crippen MR) is 71.7 cm³/mol. The first-order valence-electron chi connectivity index (χ1n) is 5.47. The maximum absolute atomic E-state index is 13.8. The average molecular weight is 299 g/mol. The molecule has 1 aromatic rings. The topological polar surface area (TPSA) is 74.5 Å². The molecule has 0 aromatic heterocycles. The number of hydrogen-bond acceptors (Lipinski definition) is 5. The van der Waals surface area contributed by atoms with Crippen LogP contribution >= 0.6 is 11.8 Å². The van der Waals surface area contributed by atoms with Crippen molar-refractivity contribution in [2.45, 2.75) is 6.92 Å². The number of aliphatic imine (C=N–C) groups is 1. The number of rotatable bonds is 3. The summed E-state index contributed by atoms with van der Waals surface area (Å²) in [6, 6.07) is 1.68. The fourth-order valence-corrected chi connectivity index (χ4v) is 1.61. The van der Waals surface area contributed by atoms with E-state index in [1.165, 1.54) is 0 Å². The fraction of sp³-hybridized carbons (Fsp3) is 0.250. The molecule has 0 spiro atoms. The summed E-state index contributed by atoms with van der Waals surface area (Å²) in [5.74, 6) is -2.85. The van der Waals surface area contributed by atoms with Crippen molar-refractivity contribution >= 4 is 28.6 Å². The van der Waals surface area contributed by atoms with E-state index in [1.807, 2.05) is 0 Å². The number of carbonyl (C=O) groups excluding carboxylic acids is 1. The Labute approximate surface area is 118 Å². The minimum atomic E-state index is -1.01. The van der Waals surface area contributed by atoms with Crippen LogP contribution in [0.25, 0.3) is 0 Å². The quantitative estimate of drug-likeness (QED) is 0.305. The molecule has 0 aliphatic heterocycles. The molecule has 0 aliphatic rings. The number of nitrogens with zero attached hydrogens (tertiary/aromatic N) is 2. The summed E-state index contributed by atoms with van der Waals surface area (Å²) in [5.41, 5.74) is -0.815. The normalized spacial score (nSPS) is 10.8. The van der Waals surface area contributed by atoms with Crippen molar-refractivity contribution in [3.8, 4) is 6.19 Å². The Bertz CT molecular complexity index is 562. The van der Waals surface area contributed by atoms with Crippen molar-refractivity contribution in [3.63, 3.8) is 0 Å². The molecule has 0 saturated heterocycles. The lowest BCUT2D eigenvalue weighted by Crippen LogP contribution is -2.13. The van der Waals surface area contributed by atoms with E-state index in [0.717, 1.165) is 23.9 Å². The van der Waals surface area contributed by atoms with Crippen LogP contribution in [0.4, 0.5) is 14.5 Å². The van der Waals surface area contributed by atoms with E-state index in [-0.39, 0.29) is 17.3 Å². The molecule has 1 N–H and O–H groups in total. The van der Waals surface area contributed by atoms with E-state index >= 15 is 0 Å². The molecular weight excluding hydrogens is 288 g/mol. The van der Waals surface area contributed by atoms with Gasteiger partial charge in [0.15, 0.2) is 23.0 Å². The number of nitrogens with one attached hydrogen (secondary N) is 1. The monoisotopic (exact) mass is 299 g/mol. The molecule has 0 bridgehead atoms. The van der Waals surface area contributed by atoms with Gasteiger partial charge in [0.25, 0.3) is 0 Å². The first-order valence-corrected chi connectivity index (χ1v) is 6.69. The van der Waals surface area contributed by atoms with Gasteiger partial charge in [-0.25, -0.2) is 18.6 Å². The van der Waals surface area contributed by atoms with Crippen LogP contribution in [0.15, 0.2) is 17.1 Å². The zero-order valence-electron chi connectivity index (χ0n) is 10.7. The highest BCUT2D eigenvalue weighted by Gasteiger charge is 2.16. The molecule has 0 unspecified atom stereocenters. The molecule has 0 fully saturated rings. The minimum absolute atomic E-state index is 0.0363. The highest BCUT2D eigenvalue weighted by atomic mass is 32.2. The molecule has 0 heterocycles. The van der Waals surface area contributed by atoms with Crippen LogP contribution in [0.3, 0.4) is 0 Å². The van der Waals surface area contributed by atoms with Crippen LogP contribution in [-0.2, 0) is 4.74 Å². The third kappa shape index (κ3) is 3.93. The SMILES string of the molecule is CCOC(=O)c1cc(F)c(N=C(NC#N)SC)c(F)c1. The van der Waals surface area contributed by atoms with Crippen LogP contribution in [0.5, 0.6) is 0 Å². The van der Waals surface area contributed by atoms with Gasteiger partial charge in [0.1, 0.15) is 5.69 Å². The molecule has 106 valence electrons. The molecule has 0 atom stereocenters. The lowest BCUT2D eigenvalue weighted by molar-refractivity contribution is 0.0525. The Morgan fingerprint density at radius 2 is 2.10 bits per heavy atom. The maximum atomic E-state index is 13.8. The van der Waals surface area contributed by atoms with Crippen molar-refractivity contribution < 1.29 is 18.3 Å². The Hall–Kier alpha value is -2.14. The molecule has 0 saturated carbocycles. The van der Waals surface area contributed by atoms with E-state index in [4.69, 9.17) is 5.26 Å². The summed E-state index contributed by atoms with van der Waals surface area (Å²) >= 11 is 1.02. The number of hydrogen-bond donors (Lipinski definition) is 1. The van der Waals surface area contributed by atoms with Gasteiger partial charge < -0.3 is 4.74 Å². The summed E-state index contributed by atoms with van der Waals surface area (Å²) in [7, 11) is 0. The number of amidine groups is 1. The largest absolute Gasteiger partial charge is 0.462 e. The molecule has 1 rings (SSSR count). The Kier molecular flexibility index (Phi) is 5.93. The summed E-state index contributed by atoms with van der Waals surface area (Å²) in [4.78, 5) is 15.0. The van der Waals surface area contributed by atoms with Crippen molar-refractivity contribution in [1.29, 1.82) is 5.26 Å². The smallest absolute Gasteiger partial charge is 0.338 e. The summed E-state index contributed by atoms with van der Waals surface area (Å²) in [6.07, 6.45) is 3.19. The summed E-state index contributed by atoms with van der Waals surface area (Å²) < 4.78 is 32.2. The number of nitriles is 1. The molecule has 20 heavy (non-hydrogen) atoms. The second kappa shape index (κ2) is 7.45. The lowest BCUT2D eigenvalue weighted by Gasteiger charge is -2.06. The predicted octanol–water partition coefficient (Wildman–Crippen LogP) is 2.56. The number of esters is 1. The highest BCUT2D eigenvalue weighted by Crippen LogP contribution is 2.25. The zero-order valence-corrected chi connectivity index (χ0v) is 11.6. The fourth-order valence-electron chi connectivity index (χ4n) is 1.28. The van der Waals surface area contributed by atoms with Crippen molar-refractivity contribution in [3.05, 3.63) is 29.3 Å². The third-order valence-corrected chi connectivity index (χ3v) is 2.68. The number of thioether (sulfide) groups is 1. The standard InChI is InChI=1S/C12H11F2N3O2S/c1-3-19-11(18)7-4-8(13)10(9(14)5-7)17-12(20-2)16-6-15/h4-5H,3H2,1-2H3,(H,16,17). The zero-order chi connectivity index (χ0) is 15.1. The number of benzene rings is 1. The Balaban J connectivity index is 3.19. The maximum Gasteiger partial charge on any atom is 0.338 e. The van der Waals surface area contributed by atoms with Crippen LogP contribution in [-0.4, -0.2) is 24.0 Å². The number of ether oxygens (including phenoxy) is 1. The van der Waals surface area contributed by atoms with Crippen molar-refractivity contribution in [2.24, 2.45) is 4.99 Å². The van der Waals surface area contributed by atoms with Gasteiger partial charge in [0.05, 0.1) is 12.2 Å². The molecule has 0 radical (unpaired) electrons. The van der Waals surface area contributed by atoms with Gasteiger partial charge in [-0.15, -0.1) is 0 Å². The molecule has 5 nitrogen and oxygen atoms in total. The van der Waals surface area contributed by atoms with Gasteiger partial charge in [0.2, 0.25) is 0 Å². The van der Waals surface area contributed by atoms with Gasteiger partial charge in [-0.1, -0.05) is 11.8 Å². The minimum Gasteiger partial charge on any atom is -0.462 e. The summed E-state index contributed by atoms with van der Waals surface area (Å²) in [6.45, 7) is 1.69. The van der Waals surface area contributed by atoms with Gasteiger partial charge in [-0.05, 0) is 25.3 Å². The van der Waals surface area contributed by atoms with Gasteiger partial charge in [-0.2, -0.15) is 5.26 Å².